The van der Waals surface area contributed by atoms with Crippen molar-refractivity contribution in [1.82, 2.24) is 14.9 Å². The molecule has 10 heteroatoms. The van der Waals surface area contributed by atoms with Crippen LogP contribution in [0.15, 0.2) is 23.0 Å². The number of rotatable bonds is 5. The lowest BCUT2D eigenvalue weighted by Crippen LogP contribution is -2.43. The summed E-state index contributed by atoms with van der Waals surface area (Å²) < 4.78 is 46.3. The van der Waals surface area contributed by atoms with E-state index in [1.54, 1.807) is 4.90 Å². The fourth-order valence-corrected chi connectivity index (χ4v) is 2.81. The van der Waals surface area contributed by atoms with Gasteiger partial charge in [0.25, 0.3) is 0 Å². The highest BCUT2D eigenvalue weighted by Gasteiger charge is 2.21. The number of aromatic nitrogens is 2. The average molecular weight is 382 g/mol. The summed E-state index contributed by atoms with van der Waals surface area (Å²) in [5.74, 6) is -4.02. The second-order valence-electron chi connectivity index (χ2n) is 6.00. The summed E-state index contributed by atoms with van der Waals surface area (Å²) in [7, 11) is 1.52. The van der Waals surface area contributed by atoms with E-state index in [0.717, 1.165) is 12.1 Å². The number of anilines is 1. The van der Waals surface area contributed by atoms with Crippen molar-refractivity contribution in [2.75, 3.05) is 25.0 Å². The summed E-state index contributed by atoms with van der Waals surface area (Å²) in [6.45, 7) is 0.790. The maximum Gasteiger partial charge on any atom is 0.352 e. The van der Waals surface area contributed by atoms with Gasteiger partial charge in [-0.05, 0) is 24.1 Å². The zero-order chi connectivity index (χ0) is 19.6. The molecule has 0 fully saturated rings. The number of likely N-dealkylation sites (N-methyl/N-ethyl adjacent to an activating group) is 1. The minimum Gasteiger partial charge on any atom is -0.473 e. The Kier molecular flexibility index (Phi) is 5.33. The van der Waals surface area contributed by atoms with Crippen molar-refractivity contribution in [2.45, 2.75) is 19.6 Å². The highest BCUT2D eigenvalue weighted by molar-refractivity contribution is 5.80. The summed E-state index contributed by atoms with van der Waals surface area (Å²) in [4.78, 5) is 29.4. The van der Waals surface area contributed by atoms with Crippen LogP contribution < -0.4 is 20.6 Å². The number of carbonyl (C=O) groups is 1. The van der Waals surface area contributed by atoms with Gasteiger partial charge in [0, 0.05) is 26.2 Å². The number of fused-ring (bicyclic) bond motifs is 1. The minimum atomic E-state index is -1.56. The molecule has 3 rings (SSSR count). The number of hydrogen-bond acceptors (Lipinski definition) is 5. The molecule has 0 spiro atoms. The van der Waals surface area contributed by atoms with Gasteiger partial charge in [0.1, 0.15) is 12.4 Å². The first-order valence-corrected chi connectivity index (χ1v) is 8.22. The zero-order valence-corrected chi connectivity index (χ0v) is 14.5. The van der Waals surface area contributed by atoms with Crippen molar-refractivity contribution in [3.05, 3.63) is 51.7 Å². The van der Waals surface area contributed by atoms with Gasteiger partial charge in [0.05, 0.1) is 6.54 Å². The monoisotopic (exact) mass is 382 g/mol. The lowest BCUT2D eigenvalue weighted by molar-refractivity contribution is -0.119. The molecule has 0 atom stereocenters. The maximum absolute atomic E-state index is 13.3. The normalized spacial score (nSPS) is 13.3. The fraction of sp³-hybridized carbons (Fsp3) is 0.353. The van der Waals surface area contributed by atoms with Crippen molar-refractivity contribution in [3.63, 3.8) is 0 Å². The summed E-state index contributed by atoms with van der Waals surface area (Å²) in [6.07, 6.45) is 0.680. The smallest absolute Gasteiger partial charge is 0.352 e. The Balaban J connectivity index is 1.83. The molecule has 2 aromatic rings. The van der Waals surface area contributed by atoms with E-state index >= 15 is 0 Å². The molecule has 27 heavy (non-hydrogen) atoms. The van der Waals surface area contributed by atoms with Crippen molar-refractivity contribution in [2.24, 2.45) is 0 Å². The molecule has 0 bridgehead atoms. The molecule has 0 saturated carbocycles. The molecule has 1 aliphatic rings. The molecule has 1 aliphatic heterocycles. The van der Waals surface area contributed by atoms with E-state index in [0.29, 0.717) is 25.3 Å². The van der Waals surface area contributed by atoms with Gasteiger partial charge in [0.2, 0.25) is 11.8 Å². The van der Waals surface area contributed by atoms with Crippen LogP contribution in [0.3, 0.4) is 0 Å². The lowest BCUT2D eigenvalue weighted by atomic mass is 10.2. The van der Waals surface area contributed by atoms with Gasteiger partial charge in [-0.2, -0.15) is 4.98 Å². The van der Waals surface area contributed by atoms with Crippen LogP contribution in [0, 0.1) is 17.5 Å². The number of hydrogen-bond donors (Lipinski definition) is 1. The first kappa shape index (κ1) is 18.7. The Hall–Kier alpha value is -3.04. The molecule has 1 amide bonds. The first-order valence-electron chi connectivity index (χ1n) is 8.22. The van der Waals surface area contributed by atoms with Crippen LogP contribution in [-0.2, 0) is 17.9 Å². The van der Waals surface area contributed by atoms with E-state index in [2.05, 4.69) is 10.3 Å². The predicted octanol–water partition coefficient (Wildman–Crippen LogP) is 1.20. The molecule has 0 unspecified atom stereocenters. The molecule has 1 aromatic carbocycles. The minimum absolute atomic E-state index is 0.0493. The Morgan fingerprint density at radius 2 is 1.93 bits per heavy atom. The van der Waals surface area contributed by atoms with E-state index in [4.69, 9.17) is 4.74 Å². The van der Waals surface area contributed by atoms with Crippen molar-refractivity contribution < 1.29 is 22.7 Å². The molecule has 0 radical (unpaired) electrons. The van der Waals surface area contributed by atoms with Gasteiger partial charge < -0.3 is 15.0 Å². The number of ether oxygens (including phenoxy) is 1. The maximum atomic E-state index is 13.3. The largest absolute Gasteiger partial charge is 0.473 e. The van der Waals surface area contributed by atoms with E-state index in [-0.39, 0.29) is 30.5 Å². The second-order valence-corrected chi connectivity index (χ2v) is 6.00. The van der Waals surface area contributed by atoms with E-state index in [1.807, 2.05) is 0 Å². The SMILES string of the molecule is CNC(=O)CN1CCCn2c1cc(OCc1cc(F)c(F)c(F)c1)nc2=O. The van der Waals surface area contributed by atoms with E-state index < -0.39 is 23.1 Å². The lowest BCUT2D eigenvalue weighted by Gasteiger charge is -2.31. The van der Waals surface area contributed by atoms with Crippen molar-refractivity contribution >= 4 is 11.7 Å². The zero-order valence-electron chi connectivity index (χ0n) is 14.5. The third-order valence-corrected chi connectivity index (χ3v) is 4.14. The van der Waals surface area contributed by atoms with Crippen LogP contribution in [0.4, 0.5) is 19.0 Å². The quantitative estimate of drug-likeness (QED) is 0.787. The van der Waals surface area contributed by atoms with Crippen LogP contribution in [0.1, 0.15) is 12.0 Å². The third kappa shape index (κ3) is 4.04. The Bertz CT molecular complexity index is 909. The van der Waals surface area contributed by atoms with E-state index in [1.165, 1.54) is 17.7 Å². The van der Waals surface area contributed by atoms with Gasteiger partial charge in [-0.3, -0.25) is 9.36 Å². The number of halogens is 3. The van der Waals surface area contributed by atoms with Gasteiger partial charge in [-0.1, -0.05) is 0 Å². The average Bonchev–Trinajstić information content (AvgIpc) is 2.64. The molecular formula is C17H17F3N4O3. The van der Waals surface area contributed by atoms with Crippen LogP contribution in [0.5, 0.6) is 5.88 Å². The number of carbonyl (C=O) groups excluding carboxylic acids is 1. The molecule has 7 nitrogen and oxygen atoms in total. The van der Waals surface area contributed by atoms with Crippen LogP contribution in [0.2, 0.25) is 0 Å². The molecule has 144 valence electrons. The summed E-state index contributed by atoms with van der Waals surface area (Å²) in [6, 6.07) is 3.10. The Morgan fingerprint density at radius 3 is 2.59 bits per heavy atom. The Morgan fingerprint density at radius 1 is 1.22 bits per heavy atom. The van der Waals surface area contributed by atoms with Crippen molar-refractivity contribution in [3.8, 4) is 5.88 Å². The van der Waals surface area contributed by atoms with Gasteiger partial charge in [-0.25, -0.2) is 18.0 Å². The molecule has 0 saturated heterocycles. The van der Waals surface area contributed by atoms with Crippen LogP contribution in [0.25, 0.3) is 0 Å². The van der Waals surface area contributed by atoms with Crippen LogP contribution >= 0.6 is 0 Å². The van der Waals surface area contributed by atoms with Gasteiger partial charge in [0.15, 0.2) is 17.5 Å². The first-order chi connectivity index (χ1) is 12.9. The summed E-state index contributed by atoms with van der Waals surface area (Å²) >= 11 is 0. The highest BCUT2D eigenvalue weighted by Crippen LogP contribution is 2.22. The number of nitrogens with zero attached hydrogens (tertiary/aromatic N) is 3. The third-order valence-electron chi connectivity index (χ3n) is 4.14. The second kappa shape index (κ2) is 7.68. The highest BCUT2D eigenvalue weighted by atomic mass is 19.2. The predicted molar refractivity (Wildman–Crippen MR) is 90.0 cm³/mol. The number of benzene rings is 1. The molecule has 0 aliphatic carbocycles. The molecule has 2 heterocycles. The standard InChI is InChI=1S/C17H17F3N4O3/c1-21-13(25)8-23-3-2-4-24-15(23)7-14(22-17(24)26)27-9-10-5-11(18)16(20)12(19)6-10/h5-7H,2-4,8-9H2,1H3,(H,21,25). The van der Waals surface area contributed by atoms with Gasteiger partial charge >= 0.3 is 5.69 Å². The molecule has 1 N–H and O–H groups in total. The van der Waals surface area contributed by atoms with Gasteiger partial charge in [-0.15, -0.1) is 0 Å². The summed E-state index contributed by atoms with van der Waals surface area (Å²) in [5, 5.41) is 2.52. The topological polar surface area (TPSA) is 76.5 Å². The number of amides is 1. The molecule has 1 aromatic heterocycles. The fourth-order valence-electron chi connectivity index (χ4n) is 2.81. The Labute approximate surface area is 152 Å². The number of nitrogens with one attached hydrogen (secondary N) is 1. The van der Waals surface area contributed by atoms with E-state index in [9.17, 15) is 22.8 Å². The van der Waals surface area contributed by atoms with Crippen molar-refractivity contribution in [1.29, 1.82) is 0 Å². The summed E-state index contributed by atoms with van der Waals surface area (Å²) in [5.41, 5.74) is -0.506. The van der Waals surface area contributed by atoms with Crippen LogP contribution in [-0.4, -0.2) is 35.6 Å². The molecular weight excluding hydrogens is 365 g/mol.